The minimum absolute atomic E-state index is 0.0194. The average Bonchev–Trinajstić information content (AvgIpc) is 2.32. The first-order chi connectivity index (χ1) is 7.09. The van der Waals surface area contributed by atoms with E-state index in [1.165, 1.54) is 6.07 Å². The molecule has 1 N–H and O–H groups in total. The van der Waals surface area contributed by atoms with Crippen molar-refractivity contribution in [3.63, 3.8) is 0 Å². The maximum Gasteiger partial charge on any atom is 0.248 e. The van der Waals surface area contributed by atoms with E-state index in [9.17, 15) is 9.59 Å². The van der Waals surface area contributed by atoms with Gasteiger partial charge < -0.3 is 9.88 Å². The van der Waals surface area contributed by atoms with E-state index < -0.39 is 0 Å². The highest BCUT2D eigenvalue weighted by Gasteiger charge is 2.24. The van der Waals surface area contributed by atoms with E-state index in [-0.39, 0.29) is 17.4 Å². The van der Waals surface area contributed by atoms with Crippen molar-refractivity contribution in [2.24, 2.45) is 5.92 Å². The number of amides is 1. The minimum Gasteiger partial charge on any atom is -0.324 e. The number of hydrogen-bond acceptors (Lipinski definition) is 2. The first kappa shape index (κ1) is 9.96. The second-order valence-corrected chi connectivity index (χ2v) is 4.02. The highest BCUT2D eigenvalue weighted by atomic mass is 16.2. The molecular weight excluding hydrogens is 192 g/mol. The van der Waals surface area contributed by atoms with Crippen LogP contribution in [0.1, 0.15) is 19.0 Å². The number of nitrogens with one attached hydrogen (secondary N) is 1. The number of aryl methyl sites for hydroxylation is 1. The Morgan fingerprint density at radius 3 is 2.87 bits per heavy atom. The Hall–Kier alpha value is -1.58. The van der Waals surface area contributed by atoms with Crippen LogP contribution in [0.2, 0.25) is 0 Å². The zero-order valence-corrected chi connectivity index (χ0v) is 8.91. The summed E-state index contributed by atoms with van der Waals surface area (Å²) in [6.07, 6.45) is 1.54. The van der Waals surface area contributed by atoms with Crippen LogP contribution in [-0.2, 0) is 11.2 Å². The molecule has 0 spiro atoms. The average molecular weight is 206 g/mol. The summed E-state index contributed by atoms with van der Waals surface area (Å²) in [5.74, 6) is 0.131. The van der Waals surface area contributed by atoms with Gasteiger partial charge >= 0.3 is 0 Å². The molecule has 0 bridgehead atoms. The summed E-state index contributed by atoms with van der Waals surface area (Å²) in [6.45, 7) is 1.92. The molecule has 0 radical (unpaired) electrons. The van der Waals surface area contributed by atoms with Crippen molar-refractivity contribution >= 4 is 11.6 Å². The second-order valence-electron chi connectivity index (χ2n) is 4.02. The maximum absolute atomic E-state index is 11.8. The van der Waals surface area contributed by atoms with E-state index in [0.717, 1.165) is 24.2 Å². The molecular formula is C11H14N2O2. The lowest BCUT2D eigenvalue weighted by Gasteiger charge is -2.18. The fourth-order valence-corrected chi connectivity index (χ4v) is 1.95. The molecule has 1 aliphatic heterocycles. The van der Waals surface area contributed by atoms with Gasteiger partial charge in [0.1, 0.15) is 0 Å². The normalized spacial score (nSPS) is 21.1. The van der Waals surface area contributed by atoms with Crippen molar-refractivity contribution in [2.75, 3.05) is 11.9 Å². The van der Waals surface area contributed by atoms with E-state index in [1.807, 2.05) is 6.92 Å². The third-order valence-electron chi connectivity index (χ3n) is 2.92. The van der Waals surface area contributed by atoms with Gasteiger partial charge in [-0.1, -0.05) is 6.92 Å². The topological polar surface area (TPSA) is 53.2 Å². The van der Waals surface area contributed by atoms with Crippen LogP contribution in [0, 0.1) is 5.92 Å². The quantitative estimate of drug-likeness (QED) is 0.686. The number of hydrogen-bond donors (Lipinski definition) is 1. The number of anilines is 1. The molecule has 1 aliphatic rings. The van der Waals surface area contributed by atoms with Gasteiger partial charge in [0.05, 0.1) is 5.69 Å². The van der Waals surface area contributed by atoms with Gasteiger partial charge in [-0.3, -0.25) is 9.59 Å². The molecule has 0 saturated heterocycles. The van der Waals surface area contributed by atoms with Crippen LogP contribution in [0.25, 0.3) is 0 Å². The lowest BCUT2D eigenvalue weighted by Crippen LogP contribution is -2.30. The molecule has 0 aliphatic carbocycles. The molecule has 2 rings (SSSR count). The van der Waals surface area contributed by atoms with Gasteiger partial charge in [0.25, 0.3) is 0 Å². The smallest absolute Gasteiger partial charge is 0.248 e. The summed E-state index contributed by atoms with van der Waals surface area (Å²) >= 11 is 0. The van der Waals surface area contributed by atoms with E-state index in [0.29, 0.717) is 0 Å². The summed E-state index contributed by atoms with van der Waals surface area (Å²) in [5.41, 5.74) is 1.58. The number of carbonyl (C=O) groups excluding carboxylic acids is 1. The molecule has 1 atom stereocenters. The van der Waals surface area contributed by atoms with Crippen LogP contribution in [0.4, 0.5) is 5.69 Å². The second kappa shape index (κ2) is 3.53. The van der Waals surface area contributed by atoms with E-state index in [2.05, 4.69) is 4.98 Å². The van der Waals surface area contributed by atoms with Crippen molar-refractivity contribution < 1.29 is 4.79 Å². The van der Waals surface area contributed by atoms with Gasteiger partial charge in [0.2, 0.25) is 11.5 Å². The first-order valence-corrected chi connectivity index (χ1v) is 5.09. The number of aromatic nitrogens is 1. The van der Waals surface area contributed by atoms with Crippen LogP contribution in [0.15, 0.2) is 16.9 Å². The Labute approximate surface area is 87.9 Å². The Morgan fingerprint density at radius 1 is 1.40 bits per heavy atom. The molecule has 2 heterocycles. The lowest BCUT2D eigenvalue weighted by molar-refractivity contribution is -0.121. The number of H-pyrrole nitrogens is 1. The van der Waals surface area contributed by atoms with Crippen LogP contribution >= 0.6 is 0 Å². The van der Waals surface area contributed by atoms with E-state index >= 15 is 0 Å². The molecule has 1 amide bonds. The molecule has 1 unspecified atom stereocenters. The third kappa shape index (κ3) is 1.67. The number of carbonyl (C=O) groups is 1. The van der Waals surface area contributed by atoms with Gasteiger partial charge in [0, 0.05) is 24.7 Å². The lowest BCUT2D eigenvalue weighted by atomic mass is 10.1. The largest absolute Gasteiger partial charge is 0.324 e. The molecule has 0 saturated carbocycles. The molecule has 80 valence electrons. The van der Waals surface area contributed by atoms with Gasteiger partial charge in [-0.25, -0.2) is 0 Å². The summed E-state index contributed by atoms with van der Waals surface area (Å²) < 4.78 is 0. The molecule has 1 aromatic heterocycles. The molecule has 0 fully saturated rings. The predicted octanol–water partition coefficient (Wildman–Crippen LogP) is 0.920. The number of pyridine rings is 1. The van der Waals surface area contributed by atoms with Crippen molar-refractivity contribution in [2.45, 2.75) is 19.8 Å². The highest BCUT2D eigenvalue weighted by molar-refractivity contribution is 5.95. The van der Waals surface area contributed by atoms with Gasteiger partial charge in [-0.05, 0) is 18.9 Å². The molecule has 4 nitrogen and oxygen atoms in total. The molecule has 15 heavy (non-hydrogen) atoms. The van der Waals surface area contributed by atoms with Gasteiger partial charge in [-0.2, -0.15) is 0 Å². The summed E-state index contributed by atoms with van der Waals surface area (Å²) in [4.78, 5) is 27.4. The maximum atomic E-state index is 11.8. The number of nitrogens with zero attached hydrogens (tertiary/aromatic N) is 1. The minimum atomic E-state index is -0.107. The molecule has 0 aromatic carbocycles. The monoisotopic (exact) mass is 206 g/mol. The van der Waals surface area contributed by atoms with Crippen molar-refractivity contribution in [1.29, 1.82) is 0 Å². The Morgan fingerprint density at radius 2 is 2.13 bits per heavy atom. The van der Waals surface area contributed by atoms with Gasteiger partial charge in [-0.15, -0.1) is 0 Å². The summed E-state index contributed by atoms with van der Waals surface area (Å²) in [5, 5.41) is 0. The van der Waals surface area contributed by atoms with Crippen molar-refractivity contribution in [1.82, 2.24) is 4.98 Å². The van der Waals surface area contributed by atoms with Crippen LogP contribution in [-0.4, -0.2) is 17.9 Å². The van der Waals surface area contributed by atoms with Crippen LogP contribution < -0.4 is 10.5 Å². The van der Waals surface area contributed by atoms with E-state index in [1.54, 1.807) is 18.0 Å². The zero-order chi connectivity index (χ0) is 11.0. The SMILES string of the molecule is CC1CCc2[nH]c(=O)ccc2N(C)C1=O. The number of fused-ring (bicyclic) bond motifs is 1. The third-order valence-corrected chi connectivity index (χ3v) is 2.92. The Kier molecular flexibility index (Phi) is 2.34. The number of aromatic amines is 1. The summed E-state index contributed by atoms with van der Waals surface area (Å²) in [7, 11) is 1.75. The highest BCUT2D eigenvalue weighted by Crippen LogP contribution is 2.25. The van der Waals surface area contributed by atoms with Crippen molar-refractivity contribution in [3.05, 3.63) is 28.2 Å². The fourth-order valence-electron chi connectivity index (χ4n) is 1.95. The predicted molar refractivity (Wildman–Crippen MR) is 58.0 cm³/mol. The van der Waals surface area contributed by atoms with E-state index in [4.69, 9.17) is 0 Å². The molecule has 1 aromatic rings. The molecule has 4 heteroatoms. The Bertz CT molecular complexity index is 450. The van der Waals surface area contributed by atoms with Crippen molar-refractivity contribution in [3.8, 4) is 0 Å². The van der Waals surface area contributed by atoms with Gasteiger partial charge in [0.15, 0.2) is 0 Å². The van der Waals surface area contributed by atoms with Crippen LogP contribution in [0.5, 0.6) is 0 Å². The number of rotatable bonds is 0. The summed E-state index contributed by atoms with van der Waals surface area (Å²) in [6, 6.07) is 3.17. The zero-order valence-electron chi connectivity index (χ0n) is 8.91. The van der Waals surface area contributed by atoms with Crippen LogP contribution in [0.3, 0.4) is 0 Å². The fraction of sp³-hybridized carbons (Fsp3) is 0.455. The standard InChI is InChI=1S/C11H14N2O2/c1-7-3-4-8-9(13(2)11(7)15)5-6-10(14)12-8/h5-7H,3-4H2,1-2H3,(H,12,14). The first-order valence-electron chi connectivity index (χ1n) is 5.09. The Balaban J connectivity index is 2.52.